The Morgan fingerprint density at radius 2 is 2.14 bits per heavy atom. The van der Waals surface area contributed by atoms with Crippen molar-refractivity contribution in [1.29, 1.82) is 0 Å². The highest BCUT2D eigenvalue weighted by molar-refractivity contribution is 5.84. The standard InChI is InChI=1S/C10H13NO3/c12-10(13)8-5-6-9(14-8)11-7-3-1-2-4-7/h5-7,11H,1-4H2,(H,12,13). The lowest BCUT2D eigenvalue weighted by Crippen LogP contribution is -2.13. The minimum Gasteiger partial charge on any atom is -0.475 e. The summed E-state index contributed by atoms with van der Waals surface area (Å²) >= 11 is 0. The van der Waals surface area contributed by atoms with Gasteiger partial charge < -0.3 is 14.8 Å². The molecule has 2 N–H and O–H groups in total. The molecule has 1 fully saturated rings. The zero-order valence-corrected chi connectivity index (χ0v) is 7.82. The van der Waals surface area contributed by atoms with Gasteiger partial charge in [-0.3, -0.25) is 0 Å². The van der Waals surface area contributed by atoms with Crippen molar-refractivity contribution in [3.63, 3.8) is 0 Å². The lowest BCUT2D eigenvalue weighted by atomic mass is 10.2. The molecule has 0 unspecified atom stereocenters. The van der Waals surface area contributed by atoms with Crippen molar-refractivity contribution in [3.8, 4) is 0 Å². The number of carbonyl (C=O) groups is 1. The Hall–Kier alpha value is -1.45. The Balaban J connectivity index is 1.98. The summed E-state index contributed by atoms with van der Waals surface area (Å²) in [6, 6.07) is 3.59. The van der Waals surface area contributed by atoms with E-state index in [1.807, 2.05) is 0 Å². The molecule has 1 aliphatic carbocycles. The van der Waals surface area contributed by atoms with E-state index in [1.54, 1.807) is 6.07 Å². The predicted molar refractivity (Wildman–Crippen MR) is 51.5 cm³/mol. The van der Waals surface area contributed by atoms with Crippen LogP contribution in [0.15, 0.2) is 16.5 Å². The van der Waals surface area contributed by atoms with Gasteiger partial charge in [0.1, 0.15) is 0 Å². The van der Waals surface area contributed by atoms with Crippen molar-refractivity contribution in [2.45, 2.75) is 31.7 Å². The molecular formula is C10H13NO3. The van der Waals surface area contributed by atoms with Crippen molar-refractivity contribution in [1.82, 2.24) is 0 Å². The molecule has 1 aromatic heterocycles. The second-order valence-electron chi connectivity index (χ2n) is 3.59. The maximum absolute atomic E-state index is 10.5. The first-order chi connectivity index (χ1) is 6.75. The van der Waals surface area contributed by atoms with E-state index in [-0.39, 0.29) is 5.76 Å². The van der Waals surface area contributed by atoms with E-state index in [9.17, 15) is 4.79 Å². The van der Waals surface area contributed by atoms with Gasteiger partial charge in [0.15, 0.2) is 5.88 Å². The number of rotatable bonds is 3. The fourth-order valence-corrected chi connectivity index (χ4v) is 1.80. The van der Waals surface area contributed by atoms with E-state index < -0.39 is 5.97 Å². The Labute approximate surface area is 81.9 Å². The number of carboxylic acids is 1. The molecule has 0 radical (unpaired) electrons. The van der Waals surface area contributed by atoms with Crippen LogP contribution < -0.4 is 5.32 Å². The monoisotopic (exact) mass is 195 g/mol. The van der Waals surface area contributed by atoms with E-state index in [0.29, 0.717) is 11.9 Å². The van der Waals surface area contributed by atoms with Crippen LogP contribution in [0.1, 0.15) is 36.2 Å². The molecule has 0 saturated heterocycles. The zero-order valence-electron chi connectivity index (χ0n) is 7.82. The van der Waals surface area contributed by atoms with E-state index in [4.69, 9.17) is 9.52 Å². The molecule has 76 valence electrons. The van der Waals surface area contributed by atoms with Gasteiger partial charge in [0.05, 0.1) is 0 Å². The number of hydrogen-bond donors (Lipinski definition) is 2. The van der Waals surface area contributed by atoms with Crippen molar-refractivity contribution >= 4 is 11.9 Å². The van der Waals surface area contributed by atoms with E-state index >= 15 is 0 Å². The van der Waals surface area contributed by atoms with Gasteiger partial charge in [-0.15, -0.1) is 0 Å². The Morgan fingerprint density at radius 3 is 2.71 bits per heavy atom. The van der Waals surface area contributed by atoms with Gasteiger partial charge in [-0.2, -0.15) is 0 Å². The SMILES string of the molecule is O=C(O)c1ccc(NC2CCCC2)o1. The first-order valence-corrected chi connectivity index (χ1v) is 4.85. The first-order valence-electron chi connectivity index (χ1n) is 4.85. The molecule has 1 aromatic rings. The Bertz CT molecular complexity index is 326. The fourth-order valence-electron chi connectivity index (χ4n) is 1.80. The quantitative estimate of drug-likeness (QED) is 0.777. The fraction of sp³-hybridized carbons (Fsp3) is 0.500. The number of anilines is 1. The highest BCUT2D eigenvalue weighted by Crippen LogP contribution is 2.23. The molecular weight excluding hydrogens is 182 g/mol. The summed E-state index contributed by atoms with van der Waals surface area (Å²) in [7, 11) is 0. The molecule has 4 heteroatoms. The van der Waals surface area contributed by atoms with Gasteiger partial charge in [0.25, 0.3) is 0 Å². The third-order valence-corrected chi connectivity index (χ3v) is 2.52. The number of nitrogens with one attached hydrogen (secondary N) is 1. The van der Waals surface area contributed by atoms with Gasteiger partial charge in [-0.25, -0.2) is 4.79 Å². The minimum atomic E-state index is -1.02. The van der Waals surface area contributed by atoms with Gasteiger partial charge in [-0.1, -0.05) is 12.8 Å². The van der Waals surface area contributed by atoms with E-state index in [1.165, 1.54) is 18.9 Å². The number of furan rings is 1. The number of carboxylic acid groups (broad SMARTS) is 1. The first kappa shape index (κ1) is 9.12. The van der Waals surface area contributed by atoms with Crippen molar-refractivity contribution in [2.75, 3.05) is 5.32 Å². The van der Waals surface area contributed by atoms with Crippen LogP contribution in [-0.2, 0) is 0 Å². The lowest BCUT2D eigenvalue weighted by molar-refractivity contribution is 0.0663. The second-order valence-corrected chi connectivity index (χ2v) is 3.59. The third kappa shape index (κ3) is 1.89. The summed E-state index contributed by atoms with van der Waals surface area (Å²) in [6.45, 7) is 0. The lowest BCUT2D eigenvalue weighted by Gasteiger charge is -2.09. The van der Waals surface area contributed by atoms with Crippen molar-refractivity contribution < 1.29 is 14.3 Å². The molecule has 1 aliphatic rings. The van der Waals surface area contributed by atoms with Crippen LogP contribution in [0.2, 0.25) is 0 Å². The van der Waals surface area contributed by atoms with Crippen LogP contribution in [-0.4, -0.2) is 17.1 Å². The highest BCUT2D eigenvalue weighted by atomic mass is 16.4. The van der Waals surface area contributed by atoms with Gasteiger partial charge >= 0.3 is 5.97 Å². The Morgan fingerprint density at radius 1 is 1.43 bits per heavy atom. The van der Waals surface area contributed by atoms with E-state index in [2.05, 4.69) is 5.32 Å². The molecule has 0 amide bonds. The predicted octanol–water partition coefficient (Wildman–Crippen LogP) is 2.33. The average Bonchev–Trinajstić information content (AvgIpc) is 2.75. The average molecular weight is 195 g/mol. The van der Waals surface area contributed by atoms with Gasteiger partial charge in [0, 0.05) is 12.1 Å². The smallest absolute Gasteiger partial charge is 0.371 e. The number of aromatic carboxylic acids is 1. The van der Waals surface area contributed by atoms with Crippen LogP contribution >= 0.6 is 0 Å². The summed E-state index contributed by atoms with van der Waals surface area (Å²) in [5.74, 6) is -0.468. The maximum atomic E-state index is 10.5. The largest absolute Gasteiger partial charge is 0.475 e. The normalized spacial score (nSPS) is 17.1. The molecule has 0 atom stereocenters. The second kappa shape index (κ2) is 3.74. The summed E-state index contributed by atoms with van der Waals surface area (Å²) in [4.78, 5) is 10.5. The van der Waals surface area contributed by atoms with Crippen LogP contribution in [0.5, 0.6) is 0 Å². The highest BCUT2D eigenvalue weighted by Gasteiger charge is 2.16. The molecule has 0 aliphatic heterocycles. The topological polar surface area (TPSA) is 62.5 Å². The third-order valence-electron chi connectivity index (χ3n) is 2.52. The maximum Gasteiger partial charge on any atom is 0.371 e. The number of hydrogen-bond acceptors (Lipinski definition) is 3. The molecule has 0 spiro atoms. The van der Waals surface area contributed by atoms with Gasteiger partial charge in [-0.05, 0) is 18.9 Å². The summed E-state index contributed by atoms with van der Waals surface area (Å²) in [5, 5.41) is 11.8. The molecule has 0 aromatic carbocycles. The molecule has 4 nitrogen and oxygen atoms in total. The molecule has 2 rings (SSSR count). The van der Waals surface area contributed by atoms with Gasteiger partial charge in [0.2, 0.25) is 5.76 Å². The Kier molecular flexibility index (Phi) is 2.43. The molecule has 14 heavy (non-hydrogen) atoms. The van der Waals surface area contributed by atoms with Crippen LogP contribution in [0, 0.1) is 0 Å². The summed E-state index contributed by atoms with van der Waals surface area (Å²) in [6.07, 6.45) is 4.76. The van der Waals surface area contributed by atoms with E-state index in [0.717, 1.165) is 12.8 Å². The van der Waals surface area contributed by atoms with Crippen molar-refractivity contribution in [3.05, 3.63) is 17.9 Å². The van der Waals surface area contributed by atoms with Crippen LogP contribution in [0.4, 0.5) is 5.88 Å². The molecule has 1 saturated carbocycles. The molecule has 0 bridgehead atoms. The summed E-state index contributed by atoms with van der Waals surface area (Å²) in [5.41, 5.74) is 0. The van der Waals surface area contributed by atoms with Crippen LogP contribution in [0.25, 0.3) is 0 Å². The van der Waals surface area contributed by atoms with Crippen LogP contribution in [0.3, 0.4) is 0 Å². The zero-order chi connectivity index (χ0) is 9.97. The van der Waals surface area contributed by atoms with Crippen molar-refractivity contribution in [2.24, 2.45) is 0 Å². The minimum absolute atomic E-state index is 0.00880. The summed E-state index contributed by atoms with van der Waals surface area (Å²) < 4.78 is 5.10. The molecule has 1 heterocycles.